The highest BCUT2D eigenvalue weighted by molar-refractivity contribution is 6.16. The van der Waals surface area contributed by atoms with Gasteiger partial charge in [0.05, 0.1) is 27.5 Å². The Morgan fingerprint density at radius 3 is 2.42 bits per heavy atom. The first-order valence-corrected chi connectivity index (χ1v) is 8.32. The standard InChI is InChI=1S/C22H14N2O2/c23-21-14-8-4-5-9-16(14)24-17-11-10-15-18(25)12-19(26-22(15)20(17)21)13-6-2-1-3-7-13/h1-12H,(H2,23,24). The Bertz CT molecular complexity index is 1360. The number of pyridine rings is 1. The molecule has 5 aromatic rings. The van der Waals surface area contributed by atoms with E-state index in [1.54, 1.807) is 6.07 Å². The highest BCUT2D eigenvalue weighted by atomic mass is 16.3. The van der Waals surface area contributed by atoms with E-state index >= 15 is 0 Å². The first-order chi connectivity index (χ1) is 12.7. The topological polar surface area (TPSA) is 69.1 Å². The van der Waals surface area contributed by atoms with Gasteiger partial charge in [-0.05, 0) is 18.2 Å². The Labute approximate surface area is 148 Å². The van der Waals surface area contributed by atoms with Gasteiger partial charge in [-0.3, -0.25) is 4.79 Å². The molecule has 2 N–H and O–H groups in total. The summed E-state index contributed by atoms with van der Waals surface area (Å²) in [5, 5.41) is 2.03. The van der Waals surface area contributed by atoms with Crippen LogP contribution in [0.5, 0.6) is 0 Å². The van der Waals surface area contributed by atoms with E-state index in [9.17, 15) is 4.79 Å². The predicted molar refractivity (Wildman–Crippen MR) is 105 cm³/mol. The van der Waals surface area contributed by atoms with Crippen LogP contribution in [-0.4, -0.2) is 4.98 Å². The summed E-state index contributed by atoms with van der Waals surface area (Å²) in [6, 6.07) is 22.3. The van der Waals surface area contributed by atoms with Crippen LogP contribution < -0.4 is 11.2 Å². The molecule has 26 heavy (non-hydrogen) atoms. The Kier molecular flexibility index (Phi) is 3.06. The molecule has 0 fully saturated rings. The first kappa shape index (κ1) is 14.7. The molecule has 0 saturated carbocycles. The summed E-state index contributed by atoms with van der Waals surface area (Å²) < 4.78 is 6.15. The van der Waals surface area contributed by atoms with Gasteiger partial charge in [-0.25, -0.2) is 4.98 Å². The first-order valence-electron chi connectivity index (χ1n) is 8.32. The Hall–Kier alpha value is -3.66. The molecule has 0 amide bonds. The number of hydrogen-bond donors (Lipinski definition) is 1. The van der Waals surface area contributed by atoms with Gasteiger partial charge in [0.2, 0.25) is 0 Å². The monoisotopic (exact) mass is 338 g/mol. The van der Waals surface area contributed by atoms with Crippen molar-refractivity contribution < 1.29 is 4.42 Å². The van der Waals surface area contributed by atoms with Crippen molar-refractivity contribution in [1.82, 2.24) is 4.98 Å². The van der Waals surface area contributed by atoms with Crippen LogP contribution in [0.25, 0.3) is 44.1 Å². The van der Waals surface area contributed by atoms with E-state index in [1.165, 1.54) is 6.07 Å². The summed E-state index contributed by atoms with van der Waals surface area (Å²) in [4.78, 5) is 17.3. The minimum atomic E-state index is -0.0976. The predicted octanol–water partition coefficient (Wildman–Crippen LogP) is 4.74. The number of aromatic nitrogens is 1. The van der Waals surface area contributed by atoms with Crippen molar-refractivity contribution in [2.24, 2.45) is 0 Å². The highest BCUT2D eigenvalue weighted by Crippen LogP contribution is 2.34. The van der Waals surface area contributed by atoms with E-state index in [0.29, 0.717) is 33.3 Å². The Morgan fingerprint density at radius 2 is 1.58 bits per heavy atom. The van der Waals surface area contributed by atoms with Gasteiger partial charge in [-0.1, -0.05) is 48.5 Å². The number of fused-ring (bicyclic) bond motifs is 4. The minimum Gasteiger partial charge on any atom is -0.455 e. The van der Waals surface area contributed by atoms with Crippen molar-refractivity contribution in [3.63, 3.8) is 0 Å². The van der Waals surface area contributed by atoms with Gasteiger partial charge in [-0.15, -0.1) is 0 Å². The molecular formula is C22H14N2O2. The number of rotatable bonds is 1. The normalized spacial score (nSPS) is 11.4. The maximum Gasteiger partial charge on any atom is 0.193 e. The molecule has 124 valence electrons. The number of nitrogens with zero attached hydrogens (tertiary/aromatic N) is 1. The van der Waals surface area contributed by atoms with Crippen LogP contribution in [0.15, 0.2) is 82.0 Å². The third-order valence-electron chi connectivity index (χ3n) is 4.64. The number of nitrogen functional groups attached to an aromatic ring is 1. The lowest BCUT2D eigenvalue weighted by Gasteiger charge is -2.10. The van der Waals surface area contributed by atoms with E-state index in [-0.39, 0.29) is 5.43 Å². The summed E-state index contributed by atoms with van der Waals surface area (Å²) in [6.45, 7) is 0. The molecule has 0 radical (unpaired) electrons. The third-order valence-corrected chi connectivity index (χ3v) is 4.64. The van der Waals surface area contributed by atoms with Crippen LogP contribution in [-0.2, 0) is 0 Å². The average Bonchev–Trinajstić information content (AvgIpc) is 2.68. The lowest BCUT2D eigenvalue weighted by atomic mass is 10.0. The lowest BCUT2D eigenvalue weighted by Crippen LogP contribution is -2.02. The second kappa shape index (κ2) is 5.43. The van der Waals surface area contributed by atoms with Crippen molar-refractivity contribution in [2.75, 3.05) is 5.73 Å². The van der Waals surface area contributed by atoms with Crippen LogP contribution >= 0.6 is 0 Å². The summed E-state index contributed by atoms with van der Waals surface area (Å²) in [5.74, 6) is 0.517. The number of hydrogen-bond acceptors (Lipinski definition) is 4. The molecule has 0 atom stereocenters. The molecule has 4 nitrogen and oxygen atoms in total. The molecule has 0 aliphatic heterocycles. The molecule has 0 bridgehead atoms. The summed E-state index contributed by atoms with van der Waals surface area (Å²) in [6.07, 6.45) is 0. The van der Waals surface area contributed by atoms with Gasteiger partial charge in [0.25, 0.3) is 0 Å². The average molecular weight is 338 g/mol. The van der Waals surface area contributed by atoms with Crippen LogP contribution in [0, 0.1) is 0 Å². The van der Waals surface area contributed by atoms with Gasteiger partial charge >= 0.3 is 0 Å². The molecule has 3 aromatic carbocycles. The molecule has 0 saturated heterocycles. The molecule has 0 spiro atoms. The maximum absolute atomic E-state index is 12.7. The molecule has 2 heterocycles. The van der Waals surface area contributed by atoms with Crippen LogP contribution in [0.4, 0.5) is 5.69 Å². The number of benzene rings is 3. The zero-order valence-electron chi connectivity index (χ0n) is 13.8. The van der Waals surface area contributed by atoms with E-state index in [1.807, 2.05) is 60.7 Å². The fraction of sp³-hybridized carbons (Fsp3) is 0. The maximum atomic E-state index is 12.7. The quantitative estimate of drug-likeness (QED) is 0.354. The van der Waals surface area contributed by atoms with Crippen LogP contribution in [0.1, 0.15) is 0 Å². The van der Waals surface area contributed by atoms with Crippen molar-refractivity contribution >= 4 is 38.5 Å². The van der Waals surface area contributed by atoms with Crippen LogP contribution in [0.3, 0.4) is 0 Å². The Morgan fingerprint density at radius 1 is 0.808 bits per heavy atom. The second-order valence-corrected chi connectivity index (χ2v) is 6.22. The van der Waals surface area contributed by atoms with Gasteiger partial charge in [-0.2, -0.15) is 0 Å². The molecule has 5 rings (SSSR count). The molecule has 0 unspecified atom stereocenters. The molecule has 4 heteroatoms. The highest BCUT2D eigenvalue weighted by Gasteiger charge is 2.14. The van der Waals surface area contributed by atoms with E-state index in [0.717, 1.165) is 16.5 Å². The molecule has 2 aromatic heterocycles. The fourth-order valence-corrected chi connectivity index (χ4v) is 3.37. The largest absolute Gasteiger partial charge is 0.455 e. The van der Waals surface area contributed by atoms with Gasteiger partial charge in [0.15, 0.2) is 5.43 Å². The molecule has 0 aliphatic rings. The van der Waals surface area contributed by atoms with Crippen molar-refractivity contribution in [1.29, 1.82) is 0 Å². The summed E-state index contributed by atoms with van der Waals surface area (Å²) >= 11 is 0. The number of para-hydroxylation sites is 1. The van der Waals surface area contributed by atoms with Crippen LogP contribution in [0.2, 0.25) is 0 Å². The minimum absolute atomic E-state index is 0.0976. The van der Waals surface area contributed by atoms with Gasteiger partial charge in [0, 0.05) is 17.0 Å². The fourth-order valence-electron chi connectivity index (χ4n) is 3.37. The summed E-state index contributed by atoms with van der Waals surface area (Å²) in [7, 11) is 0. The third kappa shape index (κ3) is 2.09. The number of nitrogens with two attached hydrogens (primary N) is 1. The molecule has 0 aliphatic carbocycles. The van der Waals surface area contributed by atoms with Crippen molar-refractivity contribution in [2.45, 2.75) is 0 Å². The second-order valence-electron chi connectivity index (χ2n) is 6.22. The summed E-state index contributed by atoms with van der Waals surface area (Å²) in [5.41, 5.74) is 9.78. The zero-order valence-corrected chi connectivity index (χ0v) is 13.8. The smallest absolute Gasteiger partial charge is 0.193 e. The van der Waals surface area contributed by atoms with Gasteiger partial charge in [0.1, 0.15) is 11.3 Å². The van der Waals surface area contributed by atoms with Crippen molar-refractivity contribution in [3.8, 4) is 11.3 Å². The Balaban J connectivity index is 1.96. The van der Waals surface area contributed by atoms with E-state index < -0.39 is 0 Å². The molecular weight excluding hydrogens is 324 g/mol. The van der Waals surface area contributed by atoms with E-state index in [4.69, 9.17) is 10.2 Å². The van der Waals surface area contributed by atoms with Crippen molar-refractivity contribution in [3.05, 3.63) is 83.0 Å². The number of anilines is 1. The van der Waals surface area contributed by atoms with Gasteiger partial charge < -0.3 is 10.2 Å². The zero-order chi connectivity index (χ0) is 17.7. The van der Waals surface area contributed by atoms with E-state index in [2.05, 4.69) is 4.98 Å². The lowest BCUT2D eigenvalue weighted by molar-refractivity contribution is 0.622. The SMILES string of the molecule is Nc1c2ccccc2nc2ccc3c(=O)cc(-c4ccccc4)oc3c12.